The van der Waals surface area contributed by atoms with Crippen molar-refractivity contribution in [2.24, 2.45) is 0 Å². The molecule has 4 rings (SSSR count). The van der Waals surface area contributed by atoms with Crippen LogP contribution in [0.4, 0.5) is 0 Å². The Labute approximate surface area is 153 Å². The molecular formula is C18H15N5O2S. The number of amides is 1. The van der Waals surface area contributed by atoms with Crippen LogP contribution in [0.5, 0.6) is 0 Å². The third kappa shape index (κ3) is 3.70. The summed E-state index contributed by atoms with van der Waals surface area (Å²) in [5.41, 5.74) is 1.61. The van der Waals surface area contributed by atoms with Gasteiger partial charge >= 0.3 is 0 Å². The van der Waals surface area contributed by atoms with Gasteiger partial charge in [-0.3, -0.25) is 4.79 Å². The SMILES string of the molecule is O=C(NCc1nnc(-c2cccs2)o1)c1cccc(Cn2ccnc2)c1. The first kappa shape index (κ1) is 16.2. The Hall–Kier alpha value is -3.26. The molecule has 0 unspecified atom stereocenters. The van der Waals surface area contributed by atoms with Crippen LogP contribution in [0.2, 0.25) is 0 Å². The number of imidazole rings is 1. The number of hydrogen-bond acceptors (Lipinski definition) is 6. The van der Waals surface area contributed by atoms with E-state index in [-0.39, 0.29) is 12.5 Å². The third-order valence-corrected chi connectivity index (χ3v) is 4.57. The first-order valence-corrected chi connectivity index (χ1v) is 8.85. The number of aromatic nitrogens is 4. The average Bonchev–Trinajstić information content (AvgIpc) is 3.41. The van der Waals surface area contributed by atoms with Gasteiger partial charge in [0.1, 0.15) is 0 Å². The monoisotopic (exact) mass is 365 g/mol. The van der Waals surface area contributed by atoms with E-state index in [0.717, 1.165) is 10.4 Å². The highest BCUT2D eigenvalue weighted by Gasteiger charge is 2.11. The molecule has 3 aromatic heterocycles. The molecule has 1 amide bonds. The zero-order valence-electron chi connectivity index (χ0n) is 13.7. The summed E-state index contributed by atoms with van der Waals surface area (Å²) in [4.78, 5) is 17.3. The molecule has 3 heterocycles. The van der Waals surface area contributed by atoms with Crippen LogP contribution in [0.1, 0.15) is 21.8 Å². The number of nitrogens with zero attached hydrogens (tertiary/aromatic N) is 4. The van der Waals surface area contributed by atoms with E-state index >= 15 is 0 Å². The van der Waals surface area contributed by atoms with Gasteiger partial charge in [0.05, 0.1) is 17.7 Å². The first-order valence-electron chi connectivity index (χ1n) is 7.97. The highest BCUT2D eigenvalue weighted by molar-refractivity contribution is 7.13. The molecule has 1 aromatic carbocycles. The summed E-state index contributed by atoms with van der Waals surface area (Å²) in [5, 5.41) is 12.7. The Morgan fingerprint density at radius 1 is 1.23 bits per heavy atom. The molecule has 0 aliphatic carbocycles. The normalized spacial score (nSPS) is 10.8. The number of nitrogens with one attached hydrogen (secondary N) is 1. The number of carbonyl (C=O) groups excluding carboxylic acids is 1. The molecule has 0 radical (unpaired) electrons. The maximum Gasteiger partial charge on any atom is 0.257 e. The molecule has 0 bridgehead atoms. The molecule has 0 aliphatic heterocycles. The molecular weight excluding hydrogens is 350 g/mol. The van der Waals surface area contributed by atoms with E-state index in [1.165, 1.54) is 11.3 Å². The average molecular weight is 365 g/mol. The summed E-state index contributed by atoms with van der Waals surface area (Å²) in [6.45, 7) is 0.845. The summed E-state index contributed by atoms with van der Waals surface area (Å²) in [5.74, 6) is 0.649. The molecule has 7 nitrogen and oxygen atoms in total. The minimum Gasteiger partial charge on any atom is -0.418 e. The molecule has 4 aromatic rings. The lowest BCUT2D eigenvalue weighted by Gasteiger charge is -2.06. The van der Waals surface area contributed by atoms with Gasteiger partial charge in [-0.1, -0.05) is 18.2 Å². The van der Waals surface area contributed by atoms with Crippen molar-refractivity contribution < 1.29 is 9.21 Å². The van der Waals surface area contributed by atoms with Crippen LogP contribution in [-0.2, 0) is 13.1 Å². The standard InChI is InChI=1S/C18H15N5O2S/c24-17(14-4-1-3-13(9-14)11-23-7-6-19-12-23)20-10-16-21-22-18(25-16)15-5-2-8-26-15/h1-9,12H,10-11H2,(H,20,24). The second kappa shape index (κ2) is 7.32. The van der Waals surface area contributed by atoms with Crippen LogP contribution < -0.4 is 5.32 Å². The zero-order valence-corrected chi connectivity index (χ0v) is 14.5. The van der Waals surface area contributed by atoms with Gasteiger partial charge < -0.3 is 14.3 Å². The predicted octanol–water partition coefficient (Wildman–Crippen LogP) is 2.97. The van der Waals surface area contributed by atoms with Gasteiger partial charge in [0.2, 0.25) is 5.89 Å². The van der Waals surface area contributed by atoms with Gasteiger partial charge in [0.15, 0.2) is 0 Å². The molecule has 130 valence electrons. The van der Waals surface area contributed by atoms with Crippen molar-refractivity contribution in [2.45, 2.75) is 13.1 Å². The van der Waals surface area contributed by atoms with E-state index in [1.54, 1.807) is 18.6 Å². The van der Waals surface area contributed by atoms with Crippen molar-refractivity contribution in [3.8, 4) is 10.8 Å². The van der Waals surface area contributed by atoms with E-state index in [9.17, 15) is 4.79 Å². The summed E-state index contributed by atoms with van der Waals surface area (Å²) in [6, 6.07) is 11.3. The van der Waals surface area contributed by atoms with Crippen molar-refractivity contribution in [1.82, 2.24) is 25.1 Å². The lowest BCUT2D eigenvalue weighted by atomic mass is 10.1. The number of hydrogen-bond donors (Lipinski definition) is 1. The fourth-order valence-corrected chi connectivity index (χ4v) is 3.13. The van der Waals surface area contributed by atoms with Crippen molar-refractivity contribution in [3.05, 3.63) is 77.5 Å². The van der Waals surface area contributed by atoms with Crippen molar-refractivity contribution in [1.29, 1.82) is 0 Å². The Balaban J connectivity index is 1.39. The highest BCUT2D eigenvalue weighted by Crippen LogP contribution is 2.22. The number of rotatable bonds is 6. The van der Waals surface area contributed by atoms with Crippen LogP contribution in [0.3, 0.4) is 0 Å². The molecule has 0 fully saturated rings. The van der Waals surface area contributed by atoms with Gasteiger partial charge in [0, 0.05) is 24.5 Å². The maximum atomic E-state index is 12.4. The molecule has 0 saturated heterocycles. The van der Waals surface area contributed by atoms with E-state index in [4.69, 9.17) is 4.42 Å². The summed E-state index contributed by atoms with van der Waals surface area (Å²) >= 11 is 1.52. The quantitative estimate of drug-likeness (QED) is 0.568. The summed E-state index contributed by atoms with van der Waals surface area (Å²) in [7, 11) is 0. The van der Waals surface area contributed by atoms with Crippen LogP contribution in [0.15, 0.2) is 64.9 Å². The Kier molecular flexibility index (Phi) is 4.57. The Bertz CT molecular complexity index is 992. The second-order valence-electron chi connectivity index (χ2n) is 5.60. The molecule has 1 N–H and O–H groups in total. The number of thiophene rings is 1. The van der Waals surface area contributed by atoms with Crippen molar-refractivity contribution in [2.75, 3.05) is 0 Å². The molecule has 0 aliphatic rings. The van der Waals surface area contributed by atoms with Crippen LogP contribution >= 0.6 is 11.3 Å². The molecule has 8 heteroatoms. The van der Waals surface area contributed by atoms with Gasteiger partial charge in [0.25, 0.3) is 11.8 Å². The van der Waals surface area contributed by atoms with Crippen LogP contribution in [-0.4, -0.2) is 25.7 Å². The summed E-state index contributed by atoms with van der Waals surface area (Å²) in [6.07, 6.45) is 5.35. The Morgan fingerprint density at radius 3 is 3.00 bits per heavy atom. The van der Waals surface area contributed by atoms with Gasteiger partial charge in [-0.15, -0.1) is 21.5 Å². The summed E-state index contributed by atoms with van der Waals surface area (Å²) < 4.78 is 7.52. The largest absolute Gasteiger partial charge is 0.418 e. The van der Waals surface area contributed by atoms with Crippen LogP contribution in [0.25, 0.3) is 10.8 Å². The van der Waals surface area contributed by atoms with E-state index < -0.39 is 0 Å². The minimum absolute atomic E-state index is 0.183. The van der Waals surface area contributed by atoms with Gasteiger partial charge in [-0.25, -0.2) is 4.98 Å². The van der Waals surface area contributed by atoms with Crippen molar-refractivity contribution >= 4 is 17.2 Å². The van der Waals surface area contributed by atoms with Gasteiger partial charge in [-0.05, 0) is 29.1 Å². The van der Waals surface area contributed by atoms with Gasteiger partial charge in [-0.2, -0.15) is 0 Å². The smallest absolute Gasteiger partial charge is 0.257 e. The maximum absolute atomic E-state index is 12.4. The first-order chi connectivity index (χ1) is 12.8. The van der Waals surface area contributed by atoms with Crippen LogP contribution in [0, 0.1) is 0 Å². The van der Waals surface area contributed by atoms with E-state index in [1.807, 2.05) is 46.5 Å². The molecule has 0 saturated carbocycles. The Morgan fingerprint density at radius 2 is 2.19 bits per heavy atom. The van der Waals surface area contributed by atoms with Crippen molar-refractivity contribution in [3.63, 3.8) is 0 Å². The fourth-order valence-electron chi connectivity index (χ4n) is 2.48. The zero-order chi connectivity index (χ0) is 17.8. The predicted molar refractivity (Wildman–Crippen MR) is 96.6 cm³/mol. The highest BCUT2D eigenvalue weighted by atomic mass is 32.1. The molecule has 26 heavy (non-hydrogen) atoms. The fraction of sp³-hybridized carbons (Fsp3) is 0.111. The molecule has 0 atom stereocenters. The lowest BCUT2D eigenvalue weighted by Crippen LogP contribution is -2.23. The topological polar surface area (TPSA) is 85.8 Å². The van der Waals surface area contributed by atoms with E-state index in [0.29, 0.717) is 23.9 Å². The minimum atomic E-state index is -0.187. The molecule has 0 spiro atoms. The number of carbonyl (C=O) groups is 1. The second-order valence-corrected chi connectivity index (χ2v) is 6.54. The number of benzene rings is 1. The third-order valence-electron chi connectivity index (χ3n) is 3.71. The lowest BCUT2D eigenvalue weighted by molar-refractivity contribution is 0.0947. The van der Waals surface area contributed by atoms with E-state index in [2.05, 4.69) is 20.5 Å².